The van der Waals surface area contributed by atoms with Crippen molar-refractivity contribution in [3.05, 3.63) is 76.3 Å². The molecule has 0 aliphatic heterocycles. The number of thiazole rings is 1. The average Bonchev–Trinajstić information content (AvgIpc) is 3.64. The molecule has 3 N–H and O–H groups in total. The van der Waals surface area contributed by atoms with Crippen LogP contribution >= 0.6 is 11.3 Å². The van der Waals surface area contributed by atoms with Gasteiger partial charge in [-0.05, 0) is 61.3 Å². The zero-order valence-electron chi connectivity index (χ0n) is 23.8. The molecule has 0 unspecified atom stereocenters. The molecule has 0 bridgehead atoms. The number of ether oxygens (including phenoxy) is 2. The first kappa shape index (κ1) is 30.6. The maximum Gasteiger partial charge on any atom is 0.230 e. The minimum absolute atomic E-state index is 0.0932. The highest BCUT2D eigenvalue weighted by molar-refractivity contribution is 7.13. The summed E-state index contributed by atoms with van der Waals surface area (Å²) in [6, 6.07) is 8.28. The highest BCUT2D eigenvalue weighted by atomic mass is 32.1. The first-order chi connectivity index (χ1) is 20.3. The summed E-state index contributed by atoms with van der Waals surface area (Å²) < 4.78 is 28.2. The van der Waals surface area contributed by atoms with Gasteiger partial charge < -0.3 is 25.4 Å². The van der Waals surface area contributed by atoms with Gasteiger partial charge in [-0.2, -0.15) is 0 Å². The number of amides is 2. The van der Waals surface area contributed by atoms with E-state index in [1.807, 2.05) is 13.0 Å². The number of nitrogens with one attached hydrogen (secondary N) is 3. The average molecular weight is 596 g/mol. The summed E-state index contributed by atoms with van der Waals surface area (Å²) in [4.78, 5) is 28.2. The number of benzene rings is 2. The zero-order valence-corrected chi connectivity index (χ0v) is 24.6. The van der Waals surface area contributed by atoms with Gasteiger partial charge in [-0.1, -0.05) is 18.2 Å². The quantitative estimate of drug-likeness (QED) is 0.176. The minimum atomic E-state index is -0.387. The Morgan fingerprint density at radius 1 is 1.14 bits per heavy atom. The summed E-state index contributed by atoms with van der Waals surface area (Å²) in [6.07, 6.45) is 4.11. The van der Waals surface area contributed by atoms with Crippen LogP contribution < -0.4 is 25.4 Å². The number of hydrogen-bond acceptors (Lipinski definition) is 9. The Hall–Kier alpha value is -4.36. The van der Waals surface area contributed by atoms with Crippen molar-refractivity contribution in [2.75, 3.05) is 25.0 Å². The van der Waals surface area contributed by atoms with E-state index in [2.05, 4.69) is 31.2 Å². The minimum Gasteiger partial charge on any atom is -0.488 e. The molecular weight excluding hydrogens is 561 g/mol. The number of rotatable bonds is 15. The van der Waals surface area contributed by atoms with Crippen molar-refractivity contribution >= 4 is 28.3 Å². The van der Waals surface area contributed by atoms with Crippen LogP contribution in [-0.4, -0.2) is 51.5 Å². The van der Waals surface area contributed by atoms with Gasteiger partial charge in [-0.3, -0.25) is 9.59 Å². The molecule has 0 aliphatic carbocycles. The summed E-state index contributed by atoms with van der Waals surface area (Å²) in [5, 5.41) is 19.3. The van der Waals surface area contributed by atoms with Crippen molar-refractivity contribution in [1.29, 1.82) is 0 Å². The second kappa shape index (κ2) is 15.0. The lowest BCUT2D eigenvalue weighted by Crippen LogP contribution is -2.19. The maximum absolute atomic E-state index is 14.3. The molecule has 0 radical (unpaired) electrons. The third kappa shape index (κ3) is 9.08. The van der Waals surface area contributed by atoms with Crippen LogP contribution in [0.2, 0.25) is 0 Å². The van der Waals surface area contributed by atoms with Crippen molar-refractivity contribution < 1.29 is 23.5 Å². The molecule has 2 aromatic heterocycles. The molecule has 42 heavy (non-hydrogen) atoms. The lowest BCUT2D eigenvalue weighted by Gasteiger charge is -2.18. The normalized spacial score (nSPS) is 10.9. The van der Waals surface area contributed by atoms with E-state index in [-0.39, 0.29) is 37.2 Å². The van der Waals surface area contributed by atoms with E-state index < -0.39 is 0 Å². The monoisotopic (exact) mass is 595 g/mol. The van der Waals surface area contributed by atoms with Crippen LogP contribution in [0.3, 0.4) is 0 Å². The van der Waals surface area contributed by atoms with Gasteiger partial charge in [0, 0.05) is 24.6 Å². The lowest BCUT2D eigenvalue weighted by atomic mass is 10.00. The molecule has 2 aromatic carbocycles. The second-order valence-electron chi connectivity index (χ2n) is 9.48. The van der Waals surface area contributed by atoms with E-state index in [1.54, 1.807) is 47.6 Å². The van der Waals surface area contributed by atoms with Gasteiger partial charge in [0.1, 0.15) is 23.9 Å². The topological polar surface area (TPSA) is 132 Å². The molecule has 0 saturated heterocycles. The van der Waals surface area contributed by atoms with Gasteiger partial charge in [-0.25, -0.2) is 14.1 Å². The molecule has 11 nitrogen and oxygen atoms in total. The number of aromatic nitrogens is 4. The van der Waals surface area contributed by atoms with E-state index in [0.717, 1.165) is 17.7 Å². The molecule has 0 fully saturated rings. The summed E-state index contributed by atoms with van der Waals surface area (Å²) in [6.45, 7) is 7.57. The van der Waals surface area contributed by atoms with Crippen molar-refractivity contribution in [3.8, 4) is 17.2 Å². The van der Waals surface area contributed by atoms with Crippen molar-refractivity contribution in [3.63, 3.8) is 0 Å². The molecule has 0 saturated carbocycles. The van der Waals surface area contributed by atoms with Crippen LogP contribution in [0.25, 0.3) is 0 Å². The molecule has 0 spiro atoms. The fourth-order valence-electron chi connectivity index (χ4n) is 4.01. The predicted octanol–water partition coefficient (Wildman–Crippen LogP) is 4.02. The van der Waals surface area contributed by atoms with Crippen LogP contribution in [0.1, 0.15) is 36.2 Å². The van der Waals surface area contributed by atoms with Crippen LogP contribution in [0.4, 0.5) is 9.52 Å². The predicted molar refractivity (Wildman–Crippen MR) is 157 cm³/mol. The third-order valence-corrected chi connectivity index (χ3v) is 6.86. The number of anilines is 1. The number of halogens is 1. The Labute approximate surface area is 247 Å². The summed E-state index contributed by atoms with van der Waals surface area (Å²) in [7, 11) is 0. The molecule has 4 rings (SSSR count). The zero-order chi connectivity index (χ0) is 29.9. The van der Waals surface area contributed by atoms with Crippen molar-refractivity contribution in [2.45, 2.75) is 46.7 Å². The number of carbonyl (C=O) groups is 2. The van der Waals surface area contributed by atoms with Crippen LogP contribution in [0.15, 0.2) is 48.1 Å². The fraction of sp³-hybridized carbons (Fsp3) is 0.345. The number of carbonyl (C=O) groups excluding carboxylic acids is 2. The summed E-state index contributed by atoms with van der Waals surface area (Å²) >= 11 is 1.34. The molecule has 13 heteroatoms. The number of likely N-dealkylation sites (N-methyl/N-ethyl adjacent to an activating group) is 1. The van der Waals surface area contributed by atoms with Crippen LogP contribution in [-0.2, 0) is 35.5 Å². The Morgan fingerprint density at radius 2 is 1.98 bits per heavy atom. The Bertz CT molecular complexity index is 1490. The molecule has 222 valence electrons. The third-order valence-electron chi connectivity index (χ3n) is 6.17. The van der Waals surface area contributed by atoms with Crippen LogP contribution in [0.5, 0.6) is 17.2 Å². The number of hydrogen-bond donors (Lipinski definition) is 3. The van der Waals surface area contributed by atoms with Gasteiger partial charge in [0.25, 0.3) is 0 Å². The number of nitrogens with zero attached hydrogens (tertiary/aromatic N) is 4. The molecule has 2 heterocycles. The van der Waals surface area contributed by atoms with Gasteiger partial charge in [-0.15, -0.1) is 16.4 Å². The standard InChI is InChI=1S/C29H34FN7O4S/c1-4-31-8-7-21-13-26(40-11-10-37-18-23(35-36-37)17-33-20(3)38)27(41-24-6-5-19(2)25(30)16-24)14-22(21)15-28(39)34-29-32-9-12-42-29/h5-6,9,12-14,16,18,31H,4,7-8,10-11,15,17H2,1-3H3,(H,33,38)(H,32,34,39). The number of aryl methyl sites for hydroxylation is 1. The highest BCUT2D eigenvalue weighted by Gasteiger charge is 2.17. The highest BCUT2D eigenvalue weighted by Crippen LogP contribution is 2.36. The van der Waals surface area contributed by atoms with E-state index in [0.29, 0.717) is 53.1 Å². The van der Waals surface area contributed by atoms with E-state index in [1.165, 1.54) is 24.3 Å². The Balaban J connectivity index is 1.57. The van der Waals surface area contributed by atoms with Gasteiger partial charge in [0.2, 0.25) is 11.8 Å². The summed E-state index contributed by atoms with van der Waals surface area (Å²) in [5.41, 5.74) is 2.81. The van der Waals surface area contributed by atoms with Crippen LogP contribution in [0, 0.1) is 12.7 Å². The molecular formula is C29H34FN7O4S. The van der Waals surface area contributed by atoms with Gasteiger partial charge >= 0.3 is 0 Å². The largest absolute Gasteiger partial charge is 0.488 e. The Kier molecular flexibility index (Phi) is 11.0. The van der Waals surface area contributed by atoms with Gasteiger partial charge in [0.15, 0.2) is 16.6 Å². The van der Waals surface area contributed by atoms with Crippen molar-refractivity contribution in [2.24, 2.45) is 0 Å². The second-order valence-corrected chi connectivity index (χ2v) is 10.4. The van der Waals surface area contributed by atoms with Gasteiger partial charge in [0.05, 0.1) is 25.7 Å². The van der Waals surface area contributed by atoms with E-state index >= 15 is 0 Å². The van der Waals surface area contributed by atoms with E-state index in [4.69, 9.17) is 9.47 Å². The SMILES string of the molecule is CCNCCc1cc(OCCn2cc(CNC(C)=O)nn2)c(Oc2ccc(C)c(F)c2)cc1CC(=O)Nc1nccs1. The molecule has 0 aliphatic rings. The first-order valence-electron chi connectivity index (χ1n) is 13.6. The fourth-order valence-corrected chi connectivity index (χ4v) is 4.56. The molecule has 4 aromatic rings. The molecule has 2 amide bonds. The first-order valence-corrected chi connectivity index (χ1v) is 14.4. The molecule has 0 atom stereocenters. The van der Waals surface area contributed by atoms with Crippen molar-refractivity contribution in [1.82, 2.24) is 30.6 Å². The summed E-state index contributed by atoms with van der Waals surface area (Å²) in [5.74, 6) is 0.361. The smallest absolute Gasteiger partial charge is 0.230 e. The van der Waals surface area contributed by atoms with E-state index in [9.17, 15) is 14.0 Å². The lowest BCUT2D eigenvalue weighted by molar-refractivity contribution is -0.119. The maximum atomic E-state index is 14.3. The Morgan fingerprint density at radius 3 is 2.71 bits per heavy atom.